The van der Waals surface area contributed by atoms with E-state index < -0.39 is 0 Å². The second-order valence-corrected chi connectivity index (χ2v) is 18.1. The molecule has 3 aromatic heterocycles. The molecular formula is C66H38N8. The van der Waals surface area contributed by atoms with E-state index in [2.05, 4.69) is 149 Å². The molecule has 0 aliphatic heterocycles. The number of benzene rings is 10. The second-order valence-electron chi connectivity index (χ2n) is 18.1. The highest BCUT2D eigenvalue weighted by molar-refractivity contribution is 6.11. The van der Waals surface area contributed by atoms with Crippen molar-refractivity contribution in [1.29, 1.82) is 15.8 Å². The summed E-state index contributed by atoms with van der Waals surface area (Å²) in [5.74, 6) is 1.35. The molecule has 3 heterocycles. The Hall–Kier alpha value is -10.7. The maximum atomic E-state index is 10.3. The van der Waals surface area contributed by atoms with E-state index in [4.69, 9.17) is 15.0 Å². The number of nitrogens with zero attached hydrogens (tertiary/aromatic N) is 8. The summed E-state index contributed by atoms with van der Waals surface area (Å²) >= 11 is 0. The van der Waals surface area contributed by atoms with Crippen LogP contribution in [0.25, 0.3) is 123 Å². The monoisotopic (exact) mass is 942 g/mol. The summed E-state index contributed by atoms with van der Waals surface area (Å²) in [5.41, 5.74) is 14.9. The summed E-state index contributed by atoms with van der Waals surface area (Å²) < 4.78 is 4.55. The molecule has 0 saturated heterocycles. The van der Waals surface area contributed by atoms with Gasteiger partial charge in [-0.15, -0.1) is 0 Å². The zero-order chi connectivity index (χ0) is 49.7. The van der Waals surface area contributed by atoms with Crippen LogP contribution in [0, 0.1) is 34.0 Å². The number of fused-ring (bicyclic) bond motifs is 6. The van der Waals surface area contributed by atoms with Crippen LogP contribution in [0.5, 0.6) is 0 Å². The Morgan fingerprint density at radius 2 is 0.676 bits per heavy atom. The molecule has 10 aromatic carbocycles. The lowest BCUT2D eigenvalue weighted by Crippen LogP contribution is -2.06. The Morgan fingerprint density at radius 3 is 1.12 bits per heavy atom. The van der Waals surface area contributed by atoms with E-state index >= 15 is 0 Å². The molecule has 0 N–H and O–H groups in total. The van der Waals surface area contributed by atoms with Crippen molar-refractivity contribution in [2.24, 2.45) is 0 Å². The molecule has 13 aromatic rings. The fourth-order valence-corrected chi connectivity index (χ4v) is 10.5. The van der Waals surface area contributed by atoms with Crippen molar-refractivity contribution in [3.05, 3.63) is 247 Å². The zero-order valence-corrected chi connectivity index (χ0v) is 39.5. The van der Waals surface area contributed by atoms with E-state index in [9.17, 15) is 15.8 Å². The van der Waals surface area contributed by atoms with Gasteiger partial charge in [0.1, 0.15) is 0 Å². The SMILES string of the molecule is N#Cc1cccc(-c2ccc(-c3nc(-c4ccc(-c5ccccc5C#N)cc4-n4c5ccccc5c5ccccc54)nc(-c4ccc(-c5ccccc5C#N)cc4-n4c5ccccc5c5ccccc54)n3)cc2)c1. The topological polar surface area (TPSA) is 120 Å². The molecule has 8 heteroatoms. The highest BCUT2D eigenvalue weighted by Crippen LogP contribution is 2.42. The molecule has 0 amide bonds. The van der Waals surface area contributed by atoms with Crippen LogP contribution in [0.3, 0.4) is 0 Å². The first-order valence-corrected chi connectivity index (χ1v) is 24.2. The first-order chi connectivity index (χ1) is 36.6. The van der Waals surface area contributed by atoms with Crippen LogP contribution in [-0.4, -0.2) is 24.1 Å². The van der Waals surface area contributed by atoms with Crippen molar-refractivity contribution in [3.63, 3.8) is 0 Å². The average molecular weight is 943 g/mol. The Bertz CT molecular complexity index is 4190. The van der Waals surface area contributed by atoms with Gasteiger partial charge >= 0.3 is 0 Å². The fourth-order valence-electron chi connectivity index (χ4n) is 10.5. The maximum absolute atomic E-state index is 10.3. The minimum absolute atomic E-state index is 0.444. The third-order valence-electron chi connectivity index (χ3n) is 13.9. The van der Waals surface area contributed by atoms with Gasteiger partial charge in [0.15, 0.2) is 17.5 Å². The van der Waals surface area contributed by atoms with Gasteiger partial charge in [0.05, 0.1) is 68.3 Å². The Morgan fingerprint density at radius 1 is 0.284 bits per heavy atom. The molecule has 0 saturated carbocycles. The molecule has 0 unspecified atom stereocenters. The predicted octanol–water partition coefficient (Wildman–Crippen LogP) is 15.7. The van der Waals surface area contributed by atoms with Gasteiger partial charge in [0, 0.05) is 38.2 Å². The number of aromatic nitrogens is 5. The number of rotatable bonds is 8. The van der Waals surface area contributed by atoms with Crippen molar-refractivity contribution in [1.82, 2.24) is 24.1 Å². The molecule has 0 aliphatic rings. The predicted molar refractivity (Wildman–Crippen MR) is 295 cm³/mol. The highest BCUT2D eigenvalue weighted by atomic mass is 15.1. The van der Waals surface area contributed by atoms with E-state index in [0.29, 0.717) is 34.2 Å². The first-order valence-electron chi connectivity index (χ1n) is 24.2. The van der Waals surface area contributed by atoms with Crippen LogP contribution in [0.4, 0.5) is 0 Å². The van der Waals surface area contributed by atoms with Crippen LogP contribution in [-0.2, 0) is 0 Å². The number of hydrogen-bond acceptors (Lipinski definition) is 6. The van der Waals surface area contributed by atoms with Crippen molar-refractivity contribution in [2.75, 3.05) is 0 Å². The van der Waals surface area contributed by atoms with E-state index in [-0.39, 0.29) is 0 Å². The largest absolute Gasteiger partial charge is 0.308 e. The summed E-state index contributed by atoms with van der Waals surface area (Å²) in [6.45, 7) is 0. The van der Waals surface area contributed by atoms with E-state index in [0.717, 1.165) is 105 Å². The fraction of sp³-hybridized carbons (Fsp3) is 0. The van der Waals surface area contributed by atoms with Crippen LogP contribution in [0.2, 0.25) is 0 Å². The molecule has 0 aliphatic carbocycles. The quantitative estimate of drug-likeness (QED) is 0.150. The van der Waals surface area contributed by atoms with Crippen LogP contribution in [0.15, 0.2) is 231 Å². The second kappa shape index (κ2) is 17.9. The summed E-state index contributed by atoms with van der Waals surface area (Å²) in [5, 5.41) is 34.8. The molecule has 74 heavy (non-hydrogen) atoms. The van der Waals surface area contributed by atoms with E-state index in [1.54, 1.807) is 6.07 Å². The van der Waals surface area contributed by atoms with Gasteiger partial charge in [0.2, 0.25) is 0 Å². The van der Waals surface area contributed by atoms with Gasteiger partial charge < -0.3 is 9.13 Å². The molecule has 13 rings (SSSR count). The van der Waals surface area contributed by atoms with Crippen molar-refractivity contribution >= 4 is 43.6 Å². The van der Waals surface area contributed by atoms with Crippen LogP contribution < -0.4 is 0 Å². The van der Waals surface area contributed by atoms with Crippen molar-refractivity contribution in [2.45, 2.75) is 0 Å². The first kappa shape index (κ1) is 43.3. The molecule has 0 atom stereocenters. The van der Waals surface area contributed by atoms with Gasteiger partial charge in [-0.05, 0) is 106 Å². The summed E-state index contributed by atoms with van der Waals surface area (Å²) in [7, 11) is 0. The molecule has 0 fully saturated rings. The normalized spacial score (nSPS) is 11.2. The average Bonchev–Trinajstić information content (AvgIpc) is 4.00. The number of para-hydroxylation sites is 4. The smallest absolute Gasteiger partial charge is 0.166 e. The molecule has 0 radical (unpaired) electrons. The van der Waals surface area contributed by atoms with E-state index in [1.807, 2.05) is 103 Å². The van der Waals surface area contributed by atoms with Gasteiger partial charge in [0.25, 0.3) is 0 Å². The minimum atomic E-state index is 0.444. The molecule has 8 nitrogen and oxygen atoms in total. The van der Waals surface area contributed by atoms with Crippen molar-refractivity contribution < 1.29 is 0 Å². The Kier molecular flexibility index (Phi) is 10.5. The third kappa shape index (κ3) is 7.25. The lowest BCUT2D eigenvalue weighted by atomic mass is 9.97. The van der Waals surface area contributed by atoms with Gasteiger partial charge in [-0.3, -0.25) is 0 Å². The number of nitriles is 3. The Labute approximate surface area is 425 Å². The minimum Gasteiger partial charge on any atom is -0.308 e. The highest BCUT2D eigenvalue weighted by Gasteiger charge is 2.24. The molecular weight excluding hydrogens is 905 g/mol. The lowest BCUT2D eigenvalue weighted by Gasteiger charge is -2.18. The molecule has 0 spiro atoms. The van der Waals surface area contributed by atoms with Crippen molar-refractivity contribution in [3.8, 4) is 97.1 Å². The maximum Gasteiger partial charge on any atom is 0.166 e. The summed E-state index contributed by atoms with van der Waals surface area (Å²) in [6, 6.07) is 84.2. The zero-order valence-electron chi connectivity index (χ0n) is 39.5. The van der Waals surface area contributed by atoms with Gasteiger partial charge in [-0.25, -0.2) is 15.0 Å². The number of hydrogen-bond donors (Lipinski definition) is 0. The summed E-state index contributed by atoms with van der Waals surface area (Å²) in [6.07, 6.45) is 0. The third-order valence-corrected chi connectivity index (χ3v) is 13.9. The standard InChI is InChI=1S/C66H38N8/c67-39-42-14-13-17-45(36-42)43-28-30-44(31-29-43)64-70-65(56-34-32-46(50-18-3-1-15-48(50)40-68)37-62(56)73-58-24-9-5-20-52(58)53-21-6-10-25-59(53)73)72-66(71-64)57-35-33-47(51-19-4-2-16-49(51)41-69)38-63(57)74-60-26-11-7-22-54(60)55-23-8-12-27-61(55)74/h1-38H. The lowest BCUT2D eigenvalue weighted by molar-refractivity contribution is 1.06. The summed E-state index contributed by atoms with van der Waals surface area (Å²) in [4.78, 5) is 16.3. The van der Waals surface area contributed by atoms with Gasteiger partial charge in [-0.2, -0.15) is 15.8 Å². The molecule has 342 valence electrons. The van der Waals surface area contributed by atoms with Gasteiger partial charge in [-0.1, -0.05) is 158 Å². The molecule has 0 bridgehead atoms. The Balaban J connectivity index is 1.11. The van der Waals surface area contributed by atoms with Crippen LogP contribution >= 0.6 is 0 Å². The van der Waals surface area contributed by atoms with Crippen LogP contribution in [0.1, 0.15) is 16.7 Å². The van der Waals surface area contributed by atoms with E-state index in [1.165, 1.54) is 0 Å².